The number of carbonyl (C=O) groups is 1. The molecule has 1 atom stereocenters. The molecule has 170 valence electrons. The van der Waals surface area contributed by atoms with Crippen molar-refractivity contribution in [3.8, 4) is 16.3 Å². The van der Waals surface area contributed by atoms with Crippen molar-refractivity contribution in [3.05, 3.63) is 89.9 Å². The van der Waals surface area contributed by atoms with Gasteiger partial charge in [0, 0.05) is 25.4 Å². The summed E-state index contributed by atoms with van der Waals surface area (Å²) in [6, 6.07) is 20.8. The Bertz CT molecular complexity index is 1320. The summed E-state index contributed by atoms with van der Waals surface area (Å²) in [7, 11) is -2.14. The van der Waals surface area contributed by atoms with Crippen molar-refractivity contribution in [2.45, 2.75) is 24.4 Å². The van der Waals surface area contributed by atoms with E-state index >= 15 is 0 Å². The molecule has 1 N–H and O–H groups in total. The van der Waals surface area contributed by atoms with Crippen LogP contribution in [-0.2, 0) is 21.4 Å². The Hall–Kier alpha value is -3.27. The summed E-state index contributed by atoms with van der Waals surface area (Å²) in [4.78, 5) is 15.6. The number of likely N-dealkylation sites (N-methyl/N-ethyl adjacent to an activating group) is 1. The molecule has 9 heteroatoms. The Labute approximate surface area is 197 Å². The number of carbonyl (C=O) groups excluding carboxylic acids is 1. The summed E-state index contributed by atoms with van der Waals surface area (Å²) in [6.07, 6.45) is 1.91. The smallest absolute Gasteiger partial charge is 0.241 e. The zero-order chi connectivity index (χ0) is 23.4. The molecule has 4 aromatic rings. The summed E-state index contributed by atoms with van der Waals surface area (Å²) in [5.74, 6) is -0.334. The number of benzene rings is 2. The fourth-order valence-corrected chi connectivity index (χ4v) is 5.44. The van der Waals surface area contributed by atoms with E-state index in [1.807, 2.05) is 54.0 Å². The maximum atomic E-state index is 13.0. The van der Waals surface area contributed by atoms with Crippen LogP contribution in [0.3, 0.4) is 0 Å². The van der Waals surface area contributed by atoms with Gasteiger partial charge in [-0.3, -0.25) is 4.79 Å². The second-order valence-corrected chi connectivity index (χ2v) is 10.3. The van der Waals surface area contributed by atoms with Crippen LogP contribution in [0.1, 0.15) is 12.5 Å². The minimum atomic E-state index is -3.80. The molecule has 33 heavy (non-hydrogen) atoms. The van der Waals surface area contributed by atoms with Crippen molar-refractivity contribution >= 4 is 27.3 Å². The van der Waals surface area contributed by atoms with Crippen molar-refractivity contribution in [1.82, 2.24) is 19.4 Å². The molecule has 2 aromatic carbocycles. The molecule has 0 aliphatic rings. The number of amides is 1. The van der Waals surface area contributed by atoms with E-state index in [1.165, 1.54) is 17.0 Å². The van der Waals surface area contributed by atoms with Crippen LogP contribution in [0.2, 0.25) is 0 Å². The van der Waals surface area contributed by atoms with Crippen molar-refractivity contribution in [3.63, 3.8) is 0 Å². The van der Waals surface area contributed by atoms with Crippen molar-refractivity contribution in [2.24, 2.45) is 0 Å². The Balaban J connectivity index is 1.54. The predicted molar refractivity (Wildman–Crippen MR) is 130 cm³/mol. The third kappa shape index (κ3) is 5.22. The van der Waals surface area contributed by atoms with Crippen molar-refractivity contribution < 1.29 is 13.2 Å². The van der Waals surface area contributed by atoms with Gasteiger partial charge in [0.1, 0.15) is 5.69 Å². The number of para-hydroxylation sites is 1. The predicted octanol–water partition coefficient (Wildman–Crippen LogP) is 3.93. The van der Waals surface area contributed by atoms with E-state index in [4.69, 9.17) is 5.10 Å². The summed E-state index contributed by atoms with van der Waals surface area (Å²) < 4.78 is 29.5. The highest BCUT2D eigenvalue weighted by atomic mass is 32.2. The lowest BCUT2D eigenvalue weighted by molar-refractivity contribution is -0.131. The van der Waals surface area contributed by atoms with Crippen LogP contribution in [-0.4, -0.2) is 42.1 Å². The lowest BCUT2D eigenvalue weighted by Crippen LogP contribution is -2.45. The Kier molecular flexibility index (Phi) is 6.73. The highest BCUT2D eigenvalue weighted by Crippen LogP contribution is 2.28. The third-order valence-electron chi connectivity index (χ3n) is 5.10. The highest BCUT2D eigenvalue weighted by molar-refractivity contribution is 7.89. The molecule has 2 heterocycles. The van der Waals surface area contributed by atoms with Crippen LogP contribution >= 0.6 is 11.3 Å². The van der Waals surface area contributed by atoms with Crippen molar-refractivity contribution in [1.29, 1.82) is 0 Å². The molecule has 0 saturated carbocycles. The first-order chi connectivity index (χ1) is 15.8. The number of rotatable bonds is 8. The van der Waals surface area contributed by atoms with E-state index in [0.717, 1.165) is 21.8 Å². The fraction of sp³-hybridized carbons (Fsp3) is 0.167. The normalized spacial score (nSPS) is 12.4. The first-order valence-corrected chi connectivity index (χ1v) is 12.7. The molecule has 0 bridgehead atoms. The molecule has 2 aromatic heterocycles. The van der Waals surface area contributed by atoms with Gasteiger partial charge in [-0.25, -0.2) is 13.1 Å². The Morgan fingerprint density at radius 1 is 1.06 bits per heavy atom. The van der Waals surface area contributed by atoms with Crippen LogP contribution in [0, 0.1) is 0 Å². The quantitative estimate of drug-likeness (QED) is 0.414. The molecule has 4 rings (SSSR count). The molecule has 0 spiro atoms. The lowest BCUT2D eigenvalue weighted by Gasteiger charge is -2.22. The van der Waals surface area contributed by atoms with Gasteiger partial charge in [0.15, 0.2) is 0 Å². The molecule has 0 saturated heterocycles. The molecule has 0 aliphatic heterocycles. The Morgan fingerprint density at radius 2 is 1.73 bits per heavy atom. The number of hydrogen-bond donors (Lipinski definition) is 1. The van der Waals surface area contributed by atoms with Crippen LogP contribution in [0.4, 0.5) is 0 Å². The number of aromatic nitrogens is 2. The minimum absolute atomic E-state index is 0.122. The largest absolute Gasteiger partial charge is 0.340 e. The van der Waals surface area contributed by atoms with E-state index in [-0.39, 0.29) is 17.3 Å². The van der Waals surface area contributed by atoms with Crippen molar-refractivity contribution in [2.75, 3.05) is 7.05 Å². The minimum Gasteiger partial charge on any atom is -0.340 e. The van der Waals surface area contributed by atoms with Gasteiger partial charge < -0.3 is 4.90 Å². The van der Waals surface area contributed by atoms with E-state index in [1.54, 1.807) is 48.2 Å². The van der Waals surface area contributed by atoms with Gasteiger partial charge in [0.25, 0.3) is 0 Å². The molecule has 1 unspecified atom stereocenters. The zero-order valence-electron chi connectivity index (χ0n) is 18.3. The SMILES string of the molecule is CC(NS(=O)(=O)c1ccccc1)C(=O)N(C)Cc1cn(-c2ccccc2)nc1-c1cccs1. The number of nitrogens with one attached hydrogen (secondary N) is 1. The molecule has 0 aliphatic carbocycles. The summed E-state index contributed by atoms with van der Waals surface area (Å²) in [6.45, 7) is 1.84. The molecular formula is C24H24N4O3S2. The van der Waals surface area contributed by atoms with Gasteiger partial charge in [0.2, 0.25) is 15.9 Å². The molecule has 0 radical (unpaired) electrons. The topological polar surface area (TPSA) is 84.3 Å². The van der Waals surface area contributed by atoms with E-state index in [2.05, 4.69) is 4.72 Å². The van der Waals surface area contributed by atoms with Gasteiger partial charge in [0.05, 0.1) is 21.5 Å². The summed E-state index contributed by atoms with van der Waals surface area (Å²) >= 11 is 1.58. The van der Waals surface area contributed by atoms with E-state index in [0.29, 0.717) is 0 Å². The van der Waals surface area contributed by atoms with Crippen LogP contribution in [0.15, 0.2) is 89.3 Å². The van der Waals surface area contributed by atoms with E-state index < -0.39 is 16.1 Å². The van der Waals surface area contributed by atoms with Gasteiger partial charge in [-0.1, -0.05) is 42.5 Å². The zero-order valence-corrected chi connectivity index (χ0v) is 19.9. The second kappa shape index (κ2) is 9.70. The third-order valence-corrected chi connectivity index (χ3v) is 7.54. The lowest BCUT2D eigenvalue weighted by atomic mass is 10.2. The van der Waals surface area contributed by atoms with Gasteiger partial charge in [-0.05, 0) is 42.6 Å². The number of nitrogens with zero attached hydrogens (tertiary/aromatic N) is 3. The first kappa shape index (κ1) is 22.9. The maximum absolute atomic E-state index is 13.0. The first-order valence-electron chi connectivity index (χ1n) is 10.4. The molecule has 1 amide bonds. The Morgan fingerprint density at radius 3 is 2.36 bits per heavy atom. The number of hydrogen-bond acceptors (Lipinski definition) is 5. The average Bonchev–Trinajstić information content (AvgIpc) is 3.49. The highest BCUT2D eigenvalue weighted by Gasteiger charge is 2.25. The summed E-state index contributed by atoms with van der Waals surface area (Å²) in [5, 5.41) is 6.74. The van der Waals surface area contributed by atoms with Gasteiger partial charge >= 0.3 is 0 Å². The maximum Gasteiger partial charge on any atom is 0.241 e. The van der Waals surface area contributed by atoms with Crippen LogP contribution < -0.4 is 4.72 Å². The standard InChI is InChI=1S/C24H24N4O3S2/c1-18(26-33(30,31)21-12-7-4-8-13-21)24(29)27(2)16-19-17-28(20-10-5-3-6-11-20)25-23(19)22-14-9-15-32-22/h3-15,17-18,26H,16H2,1-2H3. The van der Waals surface area contributed by atoms with Gasteiger partial charge in [-0.15, -0.1) is 11.3 Å². The second-order valence-electron chi connectivity index (χ2n) is 7.61. The van der Waals surface area contributed by atoms with Crippen LogP contribution in [0.5, 0.6) is 0 Å². The molecule has 7 nitrogen and oxygen atoms in total. The summed E-state index contributed by atoms with van der Waals surface area (Å²) in [5.41, 5.74) is 2.58. The van der Waals surface area contributed by atoms with E-state index in [9.17, 15) is 13.2 Å². The van der Waals surface area contributed by atoms with Crippen LogP contribution in [0.25, 0.3) is 16.3 Å². The monoisotopic (exact) mass is 480 g/mol. The molecule has 0 fully saturated rings. The van der Waals surface area contributed by atoms with Gasteiger partial charge in [-0.2, -0.15) is 9.82 Å². The average molecular weight is 481 g/mol. The number of sulfonamides is 1. The number of thiophene rings is 1. The fourth-order valence-electron chi connectivity index (χ4n) is 3.47. The molecular weight excluding hydrogens is 456 g/mol.